The van der Waals surface area contributed by atoms with Gasteiger partial charge in [-0.05, 0) is 30.9 Å². The van der Waals surface area contributed by atoms with Gasteiger partial charge in [-0.25, -0.2) is 0 Å². The monoisotopic (exact) mass is 180 g/mol. The Kier molecular flexibility index (Phi) is 4.43. The van der Waals surface area contributed by atoms with E-state index in [4.69, 9.17) is 10.8 Å². The highest BCUT2D eigenvalue weighted by Crippen LogP contribution is 2.14. The Balaban J connectivity index is 2.35. The molecule has 1 aromatic rings. The molecule has 3 heteroatoms. The highest BCUT2D eigenvalue weighted by molar-refractivity contribution is 5.12. The first-order chi connectivity index (χ1) is 6.34. The van der Waals surface area contributed by atoms with Crippen molar-refractivity contribution in [2.75, 3.05) is 6.61 Å². The fourth-order valence-corrected chi connectivity index (χ4v) is 1.24. The van der Waals surface area contributed by atoms with E-state index in [0.29, 0.717) is 0 Å². The van der Waals surface area contributed by atoms with Crippen LogP contribution in [0.1, 0.15) is 30.9 Å². The molecule has 0 saturated heterocycles. The van der Waals surface area contributed by atoms with E-state index >= 15 is 0 Å². The van der Waals surface area contributed by atoms with Crippen molar-refractivity contribution < 1.29 is 5.11 Å². The quantitative estimate of drug-likeness (QED) is 0.670. The first-order valence-corrected chi connectivity index (χ1v) is 4.61. The number of nitrogens with two attached hydrogens (primary N) is 1. The summed E-state index contributed by atoms with van der Waals surface area (Å²) in [5.74, 6) is 0. The van der Waals surface area contributed by atoms with Crippen molar-refractivity contribution in [3.63, 3.8) is 0 Å². The Morgan fingerprint density at radius 2 is 2.31 bits per heavy atom. The van der Waals surface area contributed by atoms with Gasteiger partial charge < -0.3 is 10.8 Å². The Hall–Kier alpha value is -0.930. The van der Waals surface area contributed by atoms with Crippen LogP contribution in [0.15, 0.2) is 24.5 Å². The third kappa shape index (κ3) is 3.53. The van der Waals surface area contributed by atoms with Crippen molar-refractivity contribution in [1.29, 1.82) is 0 Å². The predicted octanol–water partition coefficient (Wildman–Crippen LogP) is 1.24. The summed E-state index contributed by atoms with van der Waals surface area (Å²) in [5, 5.41) is 8.60. The number of hydrogen-bond donors (Lipinski definition) is 2. The number of aliphatic hydroxyl groups is 1. The van der Waals surface area contributed by atoms with Crippen LogP contribution in [0.3, 0.4) is 0 Å². The summed E-state index contributed by atoms with van der Waals surface area (Å²) in [6, 6.07) is 3.93. The molecule has 0 bridgehead atoms. The van der Waals surface area contributed by atoms with Crippen LogP contribution in [0.2, 0.25) is 0 Å². The number of nitrogens with zero attached hydrogens (tertiary/aromatic N) is 1. The fourth-order valence-electron chi connectivity index (χ4n) is 1.24. The van der Waals surface area contributed by atoms with Gasteiger partial charge in [0.05, 0.1) is 0 Å². The average Bonchev–Trinajstić information content (AvgIpc) is 2.19. The van der Waals surface area contributed by atoms with E-state index in [1.165, 1.54) is 0 Å². The molecule has 0 aliphatic carbocycles. The molecule has 13 heavy (non-hydrogen) atoms. The van der Waals surface area contributed by atoms with Gasteiger partial charge in [0.2, 0.25) is 0 Å². The van der Waals surface area contributed by atoms with Gasteiger partial charge in [0.25, 0.3) is 0 Å². The normalized spacial score (nSPS) is 12.8. The maximum atomic E-state index is 8.60. The van der Waals surface area contributed by atoms with Crippen LogP contribution in [0.25, 0.3) is 0 Å². The lowest BCUT2D eigenvalue weighted by Crippen LogP contribution is -2.10. The molecular formula is C10H16N2O. The summed E-state index contributed by atoms with van der Waals surface area (Å²) in [7, 11) is 0. The van der Waals surface area contributed by atoms with Crippen molar-refractivity contribution in [2.24, 2.45) is 5.73 Å². The summed E-state index contributed by atoms with van der Waals surface area (Å²) < 4.78 is 0. The zero-order valence-corrected chi connectivity index (χ0v) is 7.69. The van der Waals surface area contributed by atoms with Crippen LogP contribution in [0, 0.1) is 0 Å². The number of hydrogen-bond acceptors (Lipinski definition) is 3. The molecule has 3 nitrogen and oxygen atoms in total. The van der Waals surface area contributed by atoms with E-state index in [2.05, 4.69) is 4.98 Å². The summed E-state index contributed by atoms with van der Waals surface area (Å²) in [6.45, 7) is 0.250. The molecule has 1 atom stereocenters. The van der Waals surface area contributed by atoms with E-state index < -0.39 is 0 Å². The van der Waals surface area contributed by atoms with Gasteiger partial charge in [0.1, 0.15) is 0 Å². The van der Waals surface area contributed by atoms with Crippen LogP contribution in [-0.2, 0) is 0 Å². The van der Waals surface area contributed by atoms with Gasteiger partial charge >= 0.3 is 0 Å². The molecule has 0 aliphatic heterocycles. The van der Waals surface area contributed by atoms with Crippen LogP contribution in [0.5, 0.6) is 0 Å². The van der Waals surface area contributed by atoms with Gasteiger partial charge in [-0.3, -0.25) is 4.98 Å². The number of rotatable bonds is 5. The zero-order valence-electron chi connectivity index (χ0n) is 7.69. The lowest BCUT2D eigenvalue weighted by atomic mass is 10.0. The van der Waals surface area contributed by atoms with Crippen LogP contribution >= 0.6 is 0 Å². The zero-order chi connectivity index (χ0) is 9.52. The molecular weight excluding hydrogens is 164 g/mol. The maximum absolute atomic E-state index is 8.60. The smallest absolute Gasteiger partial charge is 0.0431 e. The second-order valence-electron chi connectivity index (χ2n) is 3.11. The summed E-state index contributed by atoms with van der Waals surface area (Å²) >= 11 is 0. The number of aromatic nitrogens is 1. The molecule has 3 N–H and O–H groups in total. The summed E-state index contributed by atoms with van der Waals surface area (Å²) in [5.41, 5.74) is 6.98. The minimum atomic E-state index is 0.0558. The molecule has 0 saturated carbocycles. The summed E-state index contributed by atoms with van der Waals surface area (Å²) in [6.07, 6.45) is 6.24. The fraction of sp³-hybridized carbons (Fsp3) is 0.500. The molecule has 1 heterocycles. The largest absolute Gasteiger partial charge is 0.396 e. The lowest BCUT2D eigenvalue weighted by molar-refractivity contribution is 0.281. The van der Waals surface area contributed by atoms with Crippen molar-refractivity contribution >= 4 is 0 Å². The van der Waals surface area contributed by atoms with E-state index in [9.17, 15) is 0 Å². The van der Waals surface area contributed by atoms with E-state index in [1.54, 1.807) is 12.4 Å². The van der Waals surface area contributed by atoms with Crippen molar-refractivity contribution in [1.82, 2.24) is 4.98 Å². The molecule has 0 fully saturated rings. The summed E-state index contributed by atoms with van der Waals surface area (Å²) in [4.78, 5) is 4.00. The molecule has 0 radical (unpaired) electrons. The first-order valence-electron chi connectivity index (χ1n) is 4.61. The Morgan fingerprint density at radius 1 is 1.46 bits per heavy atom. The molecule has 1 aromatic heterocycles. The number of unbranched alkanes of at least 4 members (excludes halogenated alkanes) is 1. The molecule has 1 rings (SSSR count). The molecule has 0 spiro atoms. The SMILES string of the molecule is NC(CCCCO)c1cccnc1. The third-order valence-corrected chi connectivity index (χ3v) is 2.04. The van der Waals surface area contributed by atoms with Gasteiger partial charge in [-0.2, -0.15) is 0 Å². The Bertz CT molecular complexity index is 226. The second kappa shape index (κ2) is 5.67. The van der Waals surface area contributed by atoms with Gasteiger partial charge in [0.15, 0.2) is 0 Å². The molecule has 0 aromatic carbocycles. The number of pyridine rings is 1. The first kappa shape index (κ1) is 10.2. The lowest BCUT2D eigenvalue weighted by Gasteiger charge is -2.10. The number of aliphatic hydroxyl groups excluding tert-OH is 1. The highest BCUT2D eigenvalue weighted by atomic mass is 16.2. The van der Waals surface area contributed by atoms with Crippen LogP contribution < -0.4 is 5.73 Å². The molecule has 1 unspecified atom stereocenters. The standard InChI is InChI=1S/C10H16N2O/c11-10(5-1-2-7-13)9-4-3-6-12-8-9/h3-4,6,8,10,13H,1-2,5,7,11H2. The maximum Gasteiger partial charge on any atom is 0.0431 e. The van der Waals surface area contributed by atoms with Crippen LogP contribution in [0.4, 0.5) is 0 Å². The topological polar surface area (TPSA) is 59.1 Å². The van der Waals surface area contributed by atoms with Gasteiger partial charge in [-0.15, -0.1) is 0 Å². The highest BCUT2D eigenvalue weighted by Gasteiger charge is 2.04. The molecule has 72 valence electrons. The molecule has 0 aliphatic rings. The third-order valence-electron chi connectivity index (χ3n) is 2.04. The van der Waals surface area contributed by atoms with Crippen molar-refractivity contribution in [3.8, 4) is 0 Å². The minimum Gasteiger partial charge on any atom is -0.396 e. The second-order valence-corrected chi connectivity index (χ2v) is 3.11. The minimum absolute atomic E-state index is 0.0558. The van der Waals surface area contributed by atoms with Gasteiger partial charge in [-0.1, -0.05) is 6.07 Å². The van der Waals surface area contributed by atoms with E-state index in [1.807, 2.05) is 12.1 Å². The molecule has 0 amide bonds. The van der Waals surface area contributed by atoms with E-state index in [-0.39, 0.29) is 12.6 Å². The van der Waals surface area contributed by atoms with Gasteiger partial charge in [0, 0.05) is 25.0 Å². The Labute approximate surface area is 78.6 Å². The van der Waals surface area contributed by atoms with Crippen molar-refractivity contribution in [2.45, 2.75) is 25.3 Å². The van der Waals surface area contributed by atoms with E-state index in [0.717, 1.165) is 24.8 Å². The van der Waals surface area contributed by atoms with Crippen molar-refractivity contribution in [3.05, 3.63) is 30.1 Å². The Morgan fingerprint density at radius 3 is 2.92 bits per heavy atom. The average molecular weight is 180 g/mol. The predicted molar refractivity (Wildman–Crippen MR) is 52.1 cm³/mol. The van der Waals surface area contributed by atoms with Crippen LogP contribution in [-0.4, -0.2) is 16.7 Å².